The van der Waals surface area contributed by atoms with Crippen LogP contribution in [-0.4, -0.2) is 74.3 Å². The number of phosphoric ester groups is 1. The Morgan fingerprint density at radius 3 is 1.23 bits per heavy atom. The zero-order valence-electron chi connectivity index (χ0n) is 53.1. The standard InChI is InChI=1S/C70H127N2O7P/c1-7-10-13-16-19-22-25-28-30-31-32-33-34-35-36-37-38-39-40-41-42-45-48-51-54-57-60-63-70(74)79-68(61-58-55-52-49-46-43-27-24-21-18-15-12-9-3)67(66-78-80(75,76)77-65-64-72(4,5)6)71-69(73)62-59-56-53-50-47-44-29-26-23-20-17-14-11-8-2/h11,14,19-20,22-23,28-30,32-33,44,58,61,67-68H,7-10,12-13,15-18,21,24-27,31,34-43,45-57,59-60,62-66H2,1-6H3,(H-,71,73,75,76)/p+1/b14-11+,22-19-,23-20+,30-28-,33-32-,44-29+,61-58-. The van der Waals surface area contributed by atoms with Crippen LogP contribution in [0.1, 0.15) is 297 Å². The van der Waals surface area contributed by atoms with E-state index in [9.17, 15) is 19.0 Å². The summed E-state index contributed by atoms with van der Waals surface area (Å²) in [6.07, 6.45) is 78.8. The molecule has 0 aromatic heterocycles. The Labute approximate surface area is 495 Å². The van der Waals surface area contributed by atoms with E-state index in [-0.39, 0.29) is 31.5 Å². The van der Waals surface area contributed by atoms with Crippen LogP contribution in [0.15, 0.2) is 85.1 Å². The van der Waals surface area contributed by atoms with Crippen molar-refractivity contribution in [2.75, 3.05) is 40.9 Å². The molecule has 0 fully saturated rings. The molecule has 3 atom stereocenters. The number of rotatable bonds is 60. The van der Waals surface area contributed by atoms with E-state index in [4.69, 9.17) is 13.8 Å². The number of unbranched alkanes of at least 4 members (excludes halogenated alkanes) is 32. The van der Waals surface area contributed by atoms with Gasteiger partial charge in [0.15, 0.2) is 0 Å². The quantitative estimate of drug-likeness (QED) is 0.0205. The van der Waals surface area contributed by atoms with Gasteiger partial charge in [0.25, 0.3) is 0 Å². The molecule has 0 bridgehead atoms. The number of carbonyl (C=O) groups excluding carboxylic acids is 2. The lowest BCUT2D eigenvalue weighted by atomic mass is 10.0. The molecule has 0 aliphatic carbocycles. The lowest BCUT2D eigenvalue weighted by Gasteiger charge is -2.27. The van der Waals surface area contributed by atoms with Crippen LogP contribution in [0.2, 0.25) is 0 Å². The van der Waals surface area contributed by atoms with Crippen LogP contribution < -0.4 is 5.32 Å². The van der Waals surface area contributed by atoms with Crippen molar-refractivity contribution in [1.29, 1.82) is 0 Å². The van der Waals surface area contributed by atoms with Gasteiger partial charge in [-0.05, 0) is 102 Å². The Kier molecular flexibility index (Phi) is 57.3. The van der Waals surface area contributed by atoms with Gasteiger partial charge in [-0.2, -0.15) is 0 Å². The van der Waals surface area contributed by atoms with Crippen molar-refractivity contribution in [3.8, 4) is 0 Å². The molecule has 1 amide bonds. The Morgan fingerprint density at radius 2 is 0.800 bits per heavy atom. The fourth-order valence-corrected chi connectivity index (χ4v) is 10.2. The third-order valence-electron chi connectivity index (χ3n) is 14.6. The number of nitrogens with zero attached hydrogens (tertiary/aromatic N) is 1. The molecule has 0 aliphatic heterocycles. The lowest BCUT2D eigenvalue weighted by molar-refractivity contribution is -0.870. The first kappa shape index (κ1) is 77.2. The molecule has 0 saturated heterocycles. The number of nitrogens with one attached hydrogen (secondary N) is 1. The highest BCUT2D eigenvalue weighted by Gasteiger charge is 2.30. The number of ether oxygens (including phenoxy) is 1. The van der Waals surface area contributed by atoms with Crippen molar-refractivity contribution < 1.29 is 37.3 Å². The number of hydrogen-bond donors (Lipinski definition) is 2. The number of amides is 1. The van der Waals surface area contributed by atoms with Gasteiger partial charge in [-0.3, -0.25) is 18.6 Å². The number of carbonyl (C=O) groups is 2. The minimum Gasteiger partial charge on any atom is -0.456 e. The van der Waals surface area contributed by atoms with Crippen molar-refractivity contribution >= 4 is 19.7 Å². The number of phosphoric acid groups is 1. The number of quaternary nitrogens is 1. The van der Waals surface area contributed by atoms with Crippen LogP contribution >= 0.6 is 7.82 Å². The Hall–Kier alpha value is -2.81. The van der Waals surface area contributed by atoms with Crippen molar-refractivity contribution in [2.45, 2.75) is 309 Å². The molecule has 3 unspecified atom stereocenters. The molecular weight excluding hydrogens is 1010 g/mol. The number of hydrogen-bond acceptors (Lipinski definition) is 6. The summed E-state index contributed by atoms with van der Waals surface area (Å²) in [5, 5.41) is 3.05. The van der Waals surface area contributed by atoms with Gasteiger partial charge in [0.05, 0.1) is 33.8 Å². The third kappa shape index (κ3) is 59.8. The van der Waals surface area contributed by atoms with Crippen molar-refractivity contribution in [2.24, 2.45) is 0 Å². The summed E-state index contributed by atoms with van der Waals surface area (Å²) in [6.45, 7) is 6.87. The van der Waals surface area contributed by atoms with E-state index in [0.717, 1.165) is 103 Å². The van der Waals surface area contributed by atoms with Crippen molar-refractivity contribution in [3.63, 3.8) is 0 Å². The molecule has 80 heavy (non-hydrogen) atoms. The van der Waals surface area contributed by atoms with Gasteiger partial charge in [0, 0.05) is 12.8 Å². The lowest BCUT2D eigenvalue weighted by Crippen LogP contribution is -2.47. The maximum Gasteiger partial charge on any atom is 0.472 e. The Balaban J connectivity index is 5.08. The van der Waals surface area contributed by atoms with Crippen LogP contribution in [0.3, 0.4) is 0 Å². The van der Waals surface area contributed by atoms with Crippen LogP contribution in [0.4, 0.5) is 0 Å². The van der Waals surface area contributed by atoms with Gasteiger partial charge in [-0.25, -0.2) is 4.57 Å². The van der Waals surface area contributed by atoms with Crippen molar-refractivity contribution in [1.82, 2.24) is 5.32 Å². The third-order valence-corrected chi connectivity index (χ3v) is 15.6. The zero-order valence-corrected chi connectivity index (χ0v) is 54.0. The molecule has 10 heteroatoms. The van der Waals surface area contributed by atoms with Crippen molar-refractivity contribution in [3.05, 3.63) is 85.1 Å². The Bertz CT molecular complexity index is 1640. The van der Waals surface area contributed by atoms with E-state index < -0.39 is 20.0 Å². The first-order chi connectivity index (χ1) is 38.9. The average molecular weight is 1140 g/mol. The molecule has 0 aromatic carbocycles. The summed E-state index contributed by atoms with van der Waals surface area (Å²) in [5.74, 6) is -0.528. The van der Waals surface area contributed by atoms with Gasteiger partial charge in [0.1, 0.15) is 19.3 Å². The molecule has 9 nitrogen and oxygen atoms in total. The van der Waals surface area contributed by atoms with Gasteiger partial charge >= 0.3 is 13.8 Å². The van der Waals surface area contributed by atoms with Crippen LogP contribution in [0.5, 0.6) is 0 Å². The predicted molar refractivity (Wildman–Crippen MR) is 346 cm³/mol. The molecule has 0 aromatic rings. The van der Waals surface area contributed by atoms with Gasteiger partial charge in [-0.1, -0.05) is 267 Å². The maximum atomic E-state index is 13.5. The van der Waals surface area contributed by atoms with Gasteiger partial charge < -0.3 is 19.4 Å². The Morgan fingerprint density at radius 1 is 0.450 bits per heavy atom. The predicted octanol–water partition coefficient (Wildman–Crippen LogP) is 21.0. The summed E-state index contributed by atoms with van der Waals surface area (Å²) >= 11 is 0. The van der Waals surface area contributed by atoms with E-state index in [1.807, 2.05) is 33.3 Å². The van der Waals surface area contributed by atoms with Crippen LogP contribution in [-0.2, 0) is 27.9 Å². The van der Waals surface area contributed by atoms with Gasteiger partial charge in [0.2, 0.25) is 5.91 Å². The van der Waals surface area contributed by atoms with E-state index in [1.54, 1.807) is 0 Å². The minimum absolute atomic E-state index is 0.0332. The fourth-order valence-electron chi connectivity index (χ4n) is 9.43. The second-order valence-electron chi connectivity index (χ2n) is 23.6. The maximum absolute atomic E-state index is 13.5. The largest absolute Gasteiger partial charge is 0.472 e. The number of likely N-dealkylation sites (N-methyl/N-ethyl adjacent to an activating group) is 1. The summed E-state index contributed by atoms with van der Waals surface area (Å²) in [5.41, 5.74) is 0. The summed E-state index contributed by atoms with van der Waals surface area (Å²) in [7, 11) is 1.48. The summed E-state index contributed by atoms with van der Waals surface area (Å²) < 4.78 is 30.7. The van der Waals surface area contributed by atoms with E-state index in [1.165, 1.54) is 161 Å². The molecule has 0 aliphatic rings. The van der Waals surface area contributed by atoms with Crippen LogP contribution in [0, 0.1) is 0 Å². The van der Waals surface area contributed by atoms with E-state index >= 15 is 0 Å². The SMILES string of the molecule is CC/C=C/C/C=C/C/C=C/CCCCCCC(=O)NC(COP(=O)(O)OCC[N+](C)(C)C)C(/C=C\CCCCCCCCCCCCC)OC(=O)CCCCCCCCCCCCCCCC/C=C\C/C=C\C/C=C\CCCCC. The second-order valence-corrected chi connectivity index (χ2v) is 25.1. The first-order valence-electron chi connectivity index (χ1n) is 33.4. The topological polar surface area (TPSA) is 111 Å². The molecule has 0 rings (SSSR count). The summed E-state index contributed by atoms with van der Waals surface area (Å²) in [4.78, 5) is 37.8. The summed E-state index contributed by atoms with van der Waals surface area (Å²) in [6, 6.07) is -0.863. The molecule has 2 N–H and O–H groups in total. The van der Waals surface area contributed by atoms with Crippen LogP contribution in [0.25, 0.3) is 0 Å². The highest BCUT2D eigenvalue weighted by atomic mass is 31.2. The smallest absolute Gasteiger partial charge is 0.456 e. The molecular formula is C70H128N2O7P+. The molecule has 0 saturated carbocycles. The highest BCUT2D eigenvalue weighted by Crippen LogP contribution is 2.43. The number of allylic oxidation sites excluding steroid dienone is 13. The second kappa shape index (κ2) is 59.4. The molecule has 0 radical (unpaired) electrons. The average Bonchev–Trinajstić information content (AvgIpc) is 3.42. The monoisotopic (exact) mass is 1140 g/mol. The normalized spacial score (nSPS) is 14.1. The van der Waals surface area contributed by atoms with E-state index in [2.05, 4.69) is 99.0 Å². The number of esters is 1. The minimum atomic E-state index is -4.46. The van der Waals surface area contributed by atoms with E-state index in [0.29, 0.717) is 17.4 Å². The fraction of sp³-hybridized carbons (Fsp3) is 0.771. The highest BCUT2D eigenvalue weighted by molar-refractivity contribution is 7.47. The zero-order chi connectivity index (χ0) is 58.6. The first-order valence-corrected chi connectivity index (χ1v) is 34.9. The molecule has 464 valence electrons. The molecule has 0 heterocycles. The van der Waals surface area contributed by atoms with Gasteiger partial charge in [-0.15, -0.1) is 0 Å². The molecule has 0 spiro atoms.